The van der Waals surface area contributed by atoms with Crippen LogP contribution in [0.2, 0.25) is 0 Å². The third-order valence-corrected chi connectivity index (χ3v) is 13.9. The van der Waals surface area contributed by atoms with Gasteiger partial charge in [-0.1, -0.05) is 46.5 Å². The molecule has 1 unspecified atom stereocenters. The zero-order valence-corrected chi connectivity index (χ0v) is 50.2. The van der Waals surface area contributed by atoms with Gasteiger partial charge in [0.15, 0.2) is 17.5 Å². The molecule has 0 bridgehead atoms. The molecule has 87 heavy (non-hydrogen) atoms. The Morgan fingerprint density at radius 3 is 1.54 bits per heavy atom. The maximum absolute atomic E-state index is 14.6. The molecule has 12 atom stereocenters. The fourth-order valence-electron chi connectivity index (χ4n) is 9.14. The van der Waals surface area contributed by atoms with Gasteiger partial charge in [-0.3, -0.25) is 52.7 Å². The van der Waals surface area contributed by atoms with E-state index in [-0.39, 0.29) is 89.2 Å². The standard InChI is InChI=1S/C55H93F3N16O13/c1-6-7-8-9-10-11-42(77)65-34(12-18-59)50(82)74-45(30(5)76)55(87)70-37(15-21-62)47(79)69-39-17-23-64-54(86)44(29(4)75)73-51(83)38(16-22-63)67-46(78)35(13-19-60)68-53(85)41(27-31-25-32(56)43(58)33(57)26-31)72-52(84)40(24-28(2)3)71-48(80)36(14-20-61)66-49(39)81/h25-26,28-30,34-41,44-45,75-76H,6-24,27,59-63H2,1-5H3,(H,64,86)(H,65,77)(H,66,81)(H,67,78)(H,68,85)(H,69,79)(H,70,87)(H,71,80)(H,72,84)(H,73,83)(H,74,82)/t29-,30+,34+,35+,36-,37+,38+,39+,40-,41?,44+,45+/m1/s1. The molecule has 1 fully saturated rings. The lowest BCUT2D eigenvalue weighted by molar-refractivity contribution is -0.137. The molecule has 1 saturated heterocycles. The molecule has 0 aromatic heterocycles. The minimum atomic E-state index is -1.84. The number of halogens is 3. The van der Waals surface area contributed by atoms with Crippen molar-refractivity contribution in [2.24, 2.45) is 34.6 Å². The Morgan fingerprint density at radius 1 is 0.575 bits per heavy atom. The van der Waals surface area contributed by atoms with Crippen molar-refractivity contribution in [2.45, 2.75) is 197 Å². The molecule has 2 rings (SSSR count). The predicted molar refractivity (Wildman–Crippen MR) is 312 cm³/mol. The number of rotatable bonds is 29. The topological polar surface area (TPSA) is 491 Å². The first-order valence-electron chi connectivity index (χ1n) is 29.5. The van der Waals surface area contributed by atoms with E-state index in [1.165, 1.54) is 6.92 Å². The molecule has 23 N–H and O–H groups in total. The van der Waals surface area contributed by atoms with Gasteiger partial charge in [-0.15, -0.1) is 0 Å². The van der Waals surface area contributed by atoms with Crippen LogP contribution in [0.15, 0.2) is 12.1 Å². The number of aliphatic hydroxyl groups is 2. The lowest BCUT2D eigenvalue weighted by Gasteiger charge is -2.29. The normalized spacial score (nSPS) is 22.3. The van der Waals surface area contributed by atoms with Crippen LogP contribution in [0.3, 0.4) is 0 Å². The summed E-state index contributed by atoms with van der Waals surface area (Å²) in [6.45, 7) is 6.08. The Kier molecular flexibility index (Phi) is 34.6. The largest absolute Gasteiger partial charge is 0.391 e. The second-order valence-corrected chi connectivity index (χ2v) is 21.8. The maximum atomic E-state index is 14.6. The number of nitrogens with two attached hydrogens (primary N) is 5. The molecular formula is C55H93F3N16O13. The number of unbranched alkanes of at least 4 members (excludes halogenated alkanes) is 4. The molecule has 0 radical (unpaired) electrons. The van der Waals surface area contributed by atoms with Crippen molar-refractivity contribution >= 4 is 65.0 Å². The number of hydrogen-bond acceptors (Lipinski definition) is 18. The lowest BCUT2D eigenvalue weighted by Crippen LogP contribution is -2.62. The summed E-state index contributed by atoms with van der Waals surface area (Å²) in [6, 6.07) is -15.1. The van der Waals surface area contributed by atoms with E-state index in [0.29, 0.717) is 18.6 Å². The van der Waals surface area contributed by atoms with Crippen LogP contribution in [0.1, 0.15) is 124 Å². The van der Waals surface area contributed by atoms with Gasteiger partial charge in [0.1, 0.15) is 60.4 Å². The molecule has 1 aromatic rings. The second-order valence-electron chi connectivity index (χ2n) is 21.8. The number of benzene rings is 1. The van der Waals surface area contributed by atoms with Crippen LogP contribution in [-0.4, -0.2) is 187 Å². The first kappa shape index (κ1) is 76.0. The highest BCUT2D eigenvalue weighted by molar-refractivity contribution is 5.99. The van der Waals surface area contributed by atoms with Gasteiger partial charge in [0, 0.05) is 19.4 Å². The summed E-state index contributed by atoms with van der Waals surface area (Å²) in [5.74, 6) is -16.5. The maximum Gasteiger partial charge on any atom is 0.245 e. The Balaban J connectivity index is 2.72. The predicted octanol–water partition coefficient (Wildman–Crippen LogP) is -5.07. The Bertz CT molecular complexity index is 2440. The van der Waals surface area contributed by atoms with Crippen molar-refractivity contribution in [3.63, 3.8) is 0 Å². The molecule has 0 spiro atoms. The number of hydrogen-bond donors (Lipinski definition) is 18. The summed E-state index contributed by atoms with van der Waals surface area (Å²) in [7, 11) is 0. The van der Waals surface area contributed by atoms with Crippen molar-refractivity contribution in [1.82, 2.24) is 58.5 Å². The molecular weight excluding hydrogens is 1150 g/mol. The fourth-order valence-corrected chi connectivity index (χ4v) is 9.14. The number of carbonyl (C=O) groups is 11. The SMILES string of the molecule is CCCCCCCC(=O)N[C@@H](CCN)C(=O)N[C@H](C(=O)N[C@@H](CCN)C(=O)N[C@H]1CCNC(=O)[C@H]([C@@H](C)O)NC(=O)[C@H](CCN)NC(=O)[C@H](CCN)NC(=O)C(Cc2cc(F)c(F)c(F)c2)NC(=O)[C@@H](CC(C)C)NC(=O)[C@@H](CCN)NC1=O)[C@H](C)O. The van der Waals surface area contributed by atoms with Crippen LogP contribution in [-0.2, 0) is 59.2 Å². The zero-order chi connectivity index (χ0) is 65.5. The Hall–Kier alpha value is -7.10. The quantitative estimate of drug-likeness (QED) is 0.0264. The molecule has 29 nitrogen and oxygen atoms in total. The van der Waals surface area contributed by atoms with Gasteiger partial charge in [0.25, 0.3) is 0 Å². The van der Waals surface area contributed by atoms with Crippen LogP contribution in [0.25, 0.3) is 0 Å². The average Bonchev–Trinajstić information content (AvgIpc) is 2.72. The average molecular weight is 1240 g/mol. The molecule has 0 saturated carbocycles. The van der Waals surface area contributed by atoms with Gasteiger partial charge in [0.05, 0.1) is 12.2 Å². The van der Waals surface area contributed by atoms with Gasteiger partial charge in [0.2, 0.25) is 65.0 Å². The summed E-state index contributed by atoms with van der Waals surface area (Å²) < 4.78 is 43.3. The van der Waals surface area contributed by atoms with Crippen molar-refractivity contribution in [1.29, 1.82) is 0 Å². The van der Waals surface area contributed by atoms with E-state index in [9.17, 15) is 76.1 Å². The van der Waals surface area contributed by atoms with Gasteiger partial charge in [-0.05, 0) is 122 Å². The smallest absolute Gasteiger partial charge is 0.245 e. The van der Waals surface area contributed by atoms with Gasteiger partial charge < -0.3 is 97.4 Å². The van der Waals surface area contributed by atoms with Crippen molar-refractivity contribution in [3.05, 3.63) is 35.1 Å². The van der Waals surface area contributed by atoms with E-state index in [1.807, 2.05) is 6.92 Å². The highest BCUT2D eigenvalue weighted by Crippen LogP contribution is 2.17. The third kappa shape index (κ3) is 26.4. The number of aliphatic hydroxyl groups excluding tert-OH is 2. The molecule has 1 aliphatic heterocycles. The number of carbonyl (C=O) groups excluding carboxylic acids is 11. The molecule has 1 aliphatic rings. The van der Waals surface area contributed by atoms with Crippen LogP contribution in [0, 0.1) is 23.4 Å². The molecule has 492 valence electrons. The van der Waals surface area contributed by atoms with E-state index in [2.05, 4.69) is 58.5 Å². The number of nitrogens with one attached hydrogen (secondary N) is 11. The van der Waals surface area contributed by atoms with E-state index in [4.69, 9.17) is 28.7 Å². The van der Waals surface area contributed by atoms with Crippen molar-refractivity contribution < 1.29 is 76.1 Å². The monoisotopic (exact) mass is 1240 g/mol. The van der Waals surface area contributed by atoms with Crippen molar-refractivity contribution in [2.75, 3.05) is 39.3 Å². The third-order valence-electron chi connectivity index (χ3n) is 13.9. The first-order chi connectivity index (χ1) is 41.2. The van der Waals surface area contributed by atoms with Crippen LogP contribution >= 0.6 is 0 Å². The Labute approximate surface area is 504 Å². The minimum Gasteiger partial charge on any atom is -0.391 e. The lowest BCUT2D eigenvalue weighted by atomic mass is 10.00. The molecule has 0 aliphatic carbocycles. The van der Waals surface area contributed by atoms with Crippen LogP contribution in [0.4, 0.5) is 13.2 Å². The van der Waals surface area contributed by atoms with Gasteiger partial charge >= 0.3 is 0 Å². The highest BCUT2D eigenvalue weighted by Gasteiger charge is 2.38. The molecule has 1 aromatic carbocycles. The highest BCUT2D eigenvalue weighted by atomic mass is 19.2. The molecule has 32 heteroatoms. The molecule has 11 amide bonds. The van der Waals surface area contributed by atoms with E-state index in [0.717, 1.165) is 32.6 Å². The molecule has 1 heterocycles. The summed E-state index contributed by atoms with van der Waals surface area (Å²) in [5.41, 5.74) is 28.8. The van der Waals surface area contributed by atoms with Crippen LogP contribution in [0.5, 0.6) is 0 Å². The van der Waals surface area contributed by atoms with Crippen molar-refractivity contribution in [3.8, 4) is 0 Å². The summed E-state index contributed by atoms with van der Waals surface area (Å²) >= 11 is 0. The van der Waals surface area contributed by atoms with Crippen LogP contribution < -0.4 is 87.2 Å². The zero-order valence-electron chi connectivity index (χ0n) is 50.2. The first-order valence-corrected chi connectivity index (χ1v) is 29.5. The van der Waals surface area contributed by atoms with Gasteiger partial charge in [-0.2, -0.15) is 0 Å². The van der Waals surface area contributed by atoms with Gasteiger partial charge in [-0.25, -0.2) is 13.2 Å². The Morgan fingerprint density at radius 2 is 1.05 bits per heavy atom. The second kappa shape index (κ2) is 39.6. The van der Waals surface area contributed by atoms with E-state index in [1.54, 1.807) is 13.8 Å². The minimum absolute atomic E-state index is 0.0421. The fraction of sp³-hybridized carbons (Fsp3) is 0.691. The van der Waals surface area contributed by atoms with E-state index >= 15 is 0 Å². The number of amides is 11. The summed E-state index contributed by atoms with van der Waals surface area (Å²) in [5, 5.41) is 48.4. The summed E-state index contributed by atoms with van der Waals surface area (Å²) in [4.78, 5) is 153. The van der Waals surface area contributed by atoms with E-state index < -0.39 is 174 Å². The summed E-state index contributed by atoms with van der Waals surface area (Å²) in [6.07, 6.45) is -1.54.